The molecule has 148 valence electrons. The van der Waals surface area contributed by atoms with Gasteiger partial charge in [-0.2, -0.15) is 4.98 Å². The van der Waals surface area contributed by atoms with Gasteiger partial charge in [0.25, 0.3) is 0 Å². The van der Waals surface area contributed by atoms with Crippen LogP contribution < -0.4 is 10.6 Å². The van der Waals surface area contributed by atoms with Crippen LogP contribution in [0.1, 0.15) is 6.92 Å². The molecule has 0 radical (unpaired) electrons. The van der Waals surface area contributed by atoms with Crippen molar-refractivity contribution in [2.24, 2.45) is 4.99 Å². The first-order valence-electron chi connectivity index (χ1n) is 8.70. The molecule has 29 heavy (non-hydrogen) atoms. The third kappa shape index (κ3) is 5.48. The van der Waals surface area contributed by atoms with Gasteiger partial charge in [-0.05, 0) is 31.2 Å². The van der Waals surface area contributed by atoms with E-state index in [4.69, 9.17) is 4.74 Å². The van der Waals surface area contributed by atoms with Crippen molar-refractivity contribution in [1.29, 1.82) is 0 Å². The number of aromatic nitrogens is 2. The molecule has 0 atom stereocenters. The number of rotatable bonds is 7. The van der Waals surface area contributed by atoms with E-state index in [2.05, 4.69) is 25.6 Å². The molecule has 3 rings (SSSR count). The van der Waals surface area contributed by atoms with Crippen molar-refractivity contribution in [3.63, 3.8) is 0 Å². The zero-order valence-corrected chi connectivity index (χ0v) is 15.5. The molecule has 0 amide bonds. The van der Waals surface area contributed by atoms with E-state index in [0.717, 1.165) is 12.4 Å². The second-order valence-electron chi connectivity index (χ2n) is 5.72. The van der Waals surface area contributed by atoms with Crippen LogP contribution in [0.2, 0.25) is 0 Å². The van der Waals surface area contributed by atoms with E-state index in [1.165, 1.54) is 12.1 Å². The lowest BCUT2D eigenvalue weighted by Crippen LogP contribution is -2.05. The number of anilines is 4. The molecule has 8 nitrogen and oxygen atoms in total. The third-order valence-corrected chi connectivity index (χ3v) is 3.60. The van der Waals surface area contributed by atoms with Gasteiger partial charge in [-0.25, -0.2) is 19.2 Å². The van der Waals surface area contributed by atoms with Crippen molar-refractivity contribution < 1.29 is 19.0 Å². The maximum absolute atomic E-state index is 14.1. The Kier molecular flexibility index (Phi) is 6.31. The van der Waals surface area contributed by atoms with Gasteiger partial charge in [0.2, 0.25) is 5.95 Å². The van der Waals surface area contributed by atoms with Crippen molar-refractivity contribution >= 4 is 41.0 Å². The van der Waals surface area contributed by atoms with Crippen LogP contribution in [0.3, 0.4) is 0 Å². The molecule has 9 heteroatoms. The van der Waals surface area contributed by atoms with Crippen LogP contribution in [-0.2, 0) is 9.53 Å². The van der Waals surface area contributed by atoms with Crippen LogP contribution in [0.4, 0.5) is 33.2 Å². The molecule has 0 aliphatic heterocycles. The van der Waals surface area contributed by atoms with Crippen LogP contribution in [0.5, 0.6) is 5.75 Å². The summed E-state index contributed by atoms with van der Waals surface area (Å²) in [6.45, 7) is 1.96. The number of carbonyl (C=O) groups excluding carboxylic acids is 1. The lowest BCUT2D eigenvalue weighted by Gasteiger charge is -2.11. The summed E-state index contributed by atoms with van der Waals surface area (Å²) < 4.78 is 18.9. The average molecular weight is 395 g/mol. The fourth-order valence-electron chi connectivity index (χ4n) is 2.35. The Morgan fingerprint density at radius 2 is 2.07 bits per heavy atom. The standard InChI is InChI=1S/C20H18FN5O3/c1-2-29-18(28)12-22-16-8-3-4-9-17(16)25-20-23-11-15(21)19(26-20)24-13-6-5-7-14(27)10-13/h3-12,27H,2H2,1H3,(H2,23,24,25,26). The molecule has 0 aliphatic rings. The van der Waals surface area contributed by atoms with E-state index in [9.17, 15) is 14.3 Å². The topological polar surface area (TPSA) is 109 Å². The molecule has 3 aromatic rings. The first-order chi connectivity index (χ1) is 14.0. The number of ether oxygens (including phenoxy) is 1. The molecule has 1 heterocycles. The summed E-state index contributed by atoms with van der Waals surface area (Å²) in [6.07, 6.45) is 2.09. The normalized spacial score (nSPS) is 10.7. The quantitative estimate of drug-likeness (QED) is 0.409. The Labute approximate surface area is 166 Å². The van der Waals surface area contributed by atoms with Crippen LogP contribution in [0.15, 0.2) is 59.7 Å². The van der Waals surface area contributed by atoms with Crippen LogP contribution >= 0.6 is 0 Å². The number of phenolic OH excluding ortho intramolecular Hbond substituents is 1. The van der Waals surface area contributed by atoms with Gasteiger partial charge in [0.05, 0.1) is 24.2 Å². The first-order valence-corrected chi connectivity index (χ1v) is 8.70. The average Bonchev–Trinajstić information content (AvgIpc) is 2.70. The zero-order chi connectivity index (χ0) is 20.6. The van der Waals surface area contributed by atoms with Gasteiger partial charge in [-0.1, -0.05) is 18.2 Å². The van der Waals surface area contributed by atoms with E-state index in [1.807, 2.05) is 0 Å². The number of carbonyl (C=O) groups is 1. The van der Waals surface area contributed by atoms with E-state index >= 15 is 0 Å². The molecule has 0 saturated carbocycles. The summed E-state index contributed by atoms with van der Waals surface area (Å²) in [5.41, 5.74) is 1.44. The number of para-hydroxylation sites is 2. The maximum Gasteiger partial charge on any atom is 0.349 e. The fourth-order valence-corrected chi connectivity index (χ4v) is 2.35. The number of aromatic hydroxyl groups is 1. The number of hydrogen-bond acceptors (Lipinski definition) is 8. The number of halogens is 1. The Bertz CT molecular complexity index is 1040. The highest BCUT2D eigenvalue weighted by Gasteiger charge is 2.10. The van der Waals surface area contributed by atoms with Crippen molar-refractivity contribution in [3.05, 3.63) is 60.5 Å². The van der Waals surface area contributed by atoms with E-state index in [1.54, 1.807) is 43.3 Å². The molecular weight excluding hydrogens is 377 g/mol. The summed E-state index contributed by atoms with van der Waals surface area (Å²) in [5.74, 6) is -1.13. The molecule has 0 bridgehead atoms. The van der Waals surface area contributed by atoms with Crippen molar-refractivity contribution in [3.8, 4) is 5.75 Å². The highest BCUT2D eigenvalue weighted by atomic mass is 19.1. The second-order valence-corrected chi connectivity index (χ2v) is 5.72. The molecule has 0 unspecified atom stereocenters. The van der Waals surface area contributed by atoms with Gasteiger partial charge < -0.3 is 20.5 Å². The minimum absolute atomic E-state index is 0.0381. The lowest BCUT2D eigenvalue weighted by atomic mass is 10.2. The molecule has 1 aromatic heterocycles. The molecule has 0 fully saturated rings. The minimum Gasteiger partial charge on any atom is -0.508 e. The Morgan fingerprint density at radius 3 is 2.86 bits per heavy atom. The number of nitrogens with one attached hydrogen (secondary N) is 2. The number of phenols is 1. The summed E-state index contributed by atoms with van der Waals surface area (Å²) in [7, 11) is 0. The van der Waals surface area contributed by atoms with E-state index in [-0.39, 0.29) is 24.1 Å². The van der Waals surface area contributed by atoms with Gasteiger partial charge in [0.15, 0.2) is 11.6 Å². The molecule has 0 aliphatic carbocycles. The van der Waals surface area contributed by atoms with Gasteiger partial charge in [-0.15, -0.1) is 0 Å². The predicted octanol–water partition coefficient (Wildman–Crippen LogP) is 4.07. The molecule has 3 N–H and O–H groups in total. The third-order valence-electron chi connectivity index (χ3n) is 3.60. The van der Waals surface area contributed by atoms with E-state index in [0.29, 0.717) is 17.1 Å². The summed E-state index contributed by atoms with van der Waals surface area (Å²) in [4.78, 5) is 23.6. The number of aliphatic imine (C=N–C) groups is 1. The maximum atomic E-state index is 14.1. The zero-order valence-electron chi connectivity index (χ0n) is 15.5. The summed E-state index contributed by atoms with van der Waals surface area (Å²) in [6, 6.07) is 13.1. The van der Waals surface area contributed by atoms with Crippen LogP contribution in [-0.4, -0.2) is 33.9 Å². The highest BCUT2D eigenvalue weighted by Crippen LogP contribution is 2.27. The number of benzene rings is 2. The predicted molar refractivity (Wildman–Crippen MR) is 108 cm³/mol. The summed E-state index contributed by atoms with van der Waals surface area (Å²) >= 11 is 0. The molecule has 0 saturated heterocycles. The second kappa shape index (κ2) is 9.27. The van der Waals surface area contributed by atoms with Gasteiger partial charge in [-0.3, -0.25) is 0 Å². The Balaban J connectivity index is 1.81. The SMILES string of the molecule is CCOC(=O)C=Nc1ccccc1Nc1ncc(F)c(Nc2cccc(O)c2)n1. The Morgan fingerprint density at radius 1 is 1.24 bits per heavy atom. The number of nitrogens with zero attached hydrogens (tertiary/aromatic N) is 3. The van der Waals surface area contributed by atoms with Gasteiger partial charge in [0.1, 0.15) is 12.0 Å². The first kappa shape index (κ1) is 19.7. The molecule has 0 spiro atoms. The minimum atomic E-state index is -0.660. The Hall–Kier alpha value is -4.01. The van der Waals surface area contributed by atoms with Crippen molar-refractivity contribution in [2.75, 3.05) is 17.2 Å². The number of esters is 1. The van der Waals surface area contributed by atoms with Gasteiger partial charge in [0, 0.05) is 11.8 Å². The van der Waals surface area contributed by atoms with Gasteiger partial charge >= 0.3 is 5.97 Å². The number of hydrogen-bond donors (Lipinski definition) is 3. The molecular formula is C20H18FN5O3. The fraction of sp³-hybridized carbons (Fsp3) is 0.100. The highest BCUT2D eigenvalue weighted by molar-refractivity contribution is 6.23. The van der Waals surface area contributed by atoms with E-state index < -0.39 is 11.8 Å². The monoisotopic (exact) mass is 395 g/mol. The largest absolute Gasteiger partial charge is 0.508 e. The van der Waals surface area contributed by atoms with Crippen molar-refractivity contribution in [1.82, 2.24) is 9.97 Å². The van der Waals surface area contributed by atoms with Crippen LogP contribution in [0.25, 0.3) is 0 Å². The van der Waals surface area contributed by atoms with Crippen molar-refractivity contribution in [2.45, 2.75) is 6.92 Å². The smallest absolute Gasteiger partial charge is 0.349 e. The van der Waals surface area contributed by atoms with Crippen LogP contribution in [0, 0.1) is 5.82 Å². The molecule has 2 aromatic carbocycles. The summed E-state index contributed by atoms with van der Waals surface area (Å²) in [5, 5.41) is 15.3. The lowest BCUT2D eigenvalue weighted by molar-refractivity contribution is -0.134.